The SMILES string of the molecule is CCC#C/C=N\N(C)c1ccc(C)c(F)c1C(=O)N(CC)C(C)COc1ccc(C(F)(F)F)cn1. The molecule has 0 fully saturated rings. The van der Waals surface area contributed by atoms with Crippen molar-refractivity contribution >= 4 is 17.8 Å². The normalized spacial score (nSPS) is 12.1. The Kier molecular flexibility index (Phi) is 9.63. The molecule has 0 aliphatic carbocycles. The molecule has 6 nitrogen and oxygen atoms in total. The van der Waals surface area contributed by atoms with Crippen molar-refractivity contribution in [3.05, 3.63) is 53.0 Å². The highest BCUT2D eigenvalue weighted by atomic mass is 19.4. The van der Waals surface area contributed by atoms with E-state index < -0.39 is 29.5 Å². The van der Waals surface area contributed by atoms with Crippen molar-refractivity contribution in [2.75, 3.05) is 25.2 Å². The number of halogens is 4. The van der Waals surface area contributed by atoms with Crippen LogP contribution in [0.25, 0.3) is 0 Å². The molecule has 0 radical (unpaired) electrons. The Balaban J connectivity index is 2.25. The number of aryl methyl sites for hydroxylation is 1. The summed E-state index contributed by atoms with van der Waals surface area (Å²) in [6, 6.07) is 4.61. The van der Waals surface area contributed by atoms with Gasteiger partial charge in [0.2, 0.25) is 5.88 Å². The number of amides is 1. The fraction of sp³-hybridized carbons (Fsp3) is 0.400. The largest absolute Gasteiger partial charge is 0.475 e. The monoisotopic (exact) mass is 492 g/mol. The van der Waals surface area contributed by atoms with Crippen LogP contribution in [0, 0.1) is 24.6 Å². The molecule has 0 bridgehead atoms. The first-order valence-corrected chi connectivity index (χ1v) is 11.0. The number of hydrazone groups is 1. The van der Waals surface area contributed by atoms with E-state index in [1.165, 1.54) is 16.1 Å². The molecule has 10 heteroatoms. The zero-order chi connectivity index (χ0) is 26.2. The zero-order valence-electron chi connectivity index (χ0n) is 20.3. The topological polar surface area (TPSA) is 58.0 Å². The van der Waals surface area contributed by atoms with E-state index in [-0.39, 0.29) is 30.3 Å². The Morgan fingerprint density at radius 3 is 2.54 bits per heavy atom. The van der Waals surface area contributed by atoms with Crippen molar-refractivity contribution < 1.29 is 27.1 Å². The highest BCUT2D eigenvalue weighted by molar-refractivity contribution is 6.00. The Hall–Kier alpha value is -3.61. The van der Waals surface area contributed by atoms with Crippen LogP contribution in [0.4, 0.5) is 23.2 Å². The number of carbonyl (C=O) groups is 1. The van der Waals surface area contributed by atoms with Crippen molar-refractivity contribution in [3.8, 4) is 17.7 Å². The third-order valence-electron chi connectivity index (χ3n) is 5.12. The predicted molar refractivity (Wildman–Crippen MR) is 127 cm³/mol. The van der Waals surface area contributed by atoms with Crippen LogP contribution in [0.5, 0.6) is 5.88 Å². The third-order valence-corrected chi connectivity index (χ3v) is 5.12. The number of rotatable bonds is 8. The lowest BCUT2D eigenvalue weighted by atomic mass is 10.1. The van der Waals surface area contributed by atoms with Crippen LogP contribution in [-0.2, 0) is 6.18 Å². The van der Waals surface area contributed by atoms with Crippen molar-refractivity contribution in [1.82, 2.24) is 9.88 Å². The first-order chi connectivity index (χ1) is 16.5. The van der Waals surface area contributed by atoms with E-state index in [1.54, 1.807) is 40.0 Å². The summed E-state index contributed by atoms with van der Waals surface area (Å²) >= 11 is 0. The second-order valence-electron chi connectivity index (χ2n) is 7.67. The van der Waals surface area contributed by atoms with Gasteiger partial charge in [-0.2, -0.15) is 18.3 Å². The predicted octanol–water partition coefficient (Wildman–Crippen LogP) is 5.31. The molecular formula is C25H28F4N4O2. The number of aromatic nitrogens is 1. The molecule has 0 spiro atoms. The van der Waals surface area contributed by atoms with E-state index in [2.05, 4.69) is 21.9 Å². The molecule has 0 saturated carbocycles. The average molecular weight is 493 g/mol. The summed E-state index contributed by atoms with van der Waals surface area (Å²) in [6.45, 7) is 7.08. The van der Waals surface area contributed by atoms with Gasteiger partial charge in [0.15, 0.2) is 0 Å². The van der Waals surface area contributed by atoms with Crippen molar-refractivity contribution in [1.29, 1.82) is 0 Å². The summed E-state index contributed by atoms with van der Waals surface area (Å²) in [5.41, 5.74) is -0.467. The maximum absolute atomic E-state index is 15.2. The first kappa shape index (κ1) is 27.6. The molecule has 0 N–H and O–H groups in total. The number of ether oxygens (including phenoxy) is 1. The molecule has 0 saturated heterocycles. The van der Waals surface area contributed by atoms with Crippen molar-refractivity contribution in [2.24, 2.45) is 5.10 Å². The van der Waals surface area contributed by atoms with Gasteiger partial charge < -0.3 is 9.64 Å². The highest BCUT2D eigenvalue weighted by Crippen LogP contribution is 2.30. The minimum atomic E-state index is -4.50. The van der Waals surface area contributed by atoms with Crippen LogP contribution in [0.2, 0.25) is 0 Å². The van der Waals surface area contributed by atoms with E-state index in [0.29, 0.717) is 18.2 Å². The van der Waals surface area contributed by atoms with E-state index in [9.17, 15) is 18.0 Å². The number of nitrogens with zero attached hydrogens (tertiary/aromatic N) is 4. The molecule has 2 aromatic rings. The summed E-state index contributed by atoms with van der Waals surface area (Å²) < 4.78 is 58.8. The summed E-state index contributed by atoms with van der Waals surface area (Å²) in [5.74, 6) is 4.35. The van der Waals surface area contributed by atoms with Crippen LogP contribution in [0.3, 0.4) is 0 Å². The average Bonchev–Trinajstić information content (AvgIpc) is 2.82. The van der Waals surface area contributed by atoms with Gasteiger partial charge in [-0.05, 0) is 38.5 Å². The van der Waals surface area contributed by atoms with Crippen LogP contribution >= 0.6 is 0 Å². The van der Waals surface area contributed by atoms with Gasteiger partial charge in [-0.3, -0.25) is 9.80 Å². The van der Waals surface area contributed by atoms with Gasteiger partial charge in [-0.1, -0.05) is 24.8 Å². The molecule has 1 aromatic carbocycles. The van der Waals surface area contributed by atoms with E-state index in [4.69, 9.17) is 4.74 Å². The zero-order valence-corrected chi connectivity index (χ0v) is 20.3. The quantitative estimate of drug-likeness (QED) is 0.217. The number of alkyl halides is 3. The van der Waals surface area contributed by atoms with Crippen LogP contribution in [0.1, 0.15) is 48.7 Å². The Labute approximate surface area is 202 Å². The Morgan fingerprint density at radius 1 is 1.26 bits per heavy atom. The molecule has 1 unspecified atom stereocenters. The van der Waals surface area contributed by atoms with Gasteiger partial charge in [0.05, 0.1) is 23.5 Å². The minimum absolute atomic E-state index is 0.0157. The number of likely N-dealkylation sites (N-methyl/N-ethyl adjacent to an activating group) is 1. The Morgan fingerprint density at radius 2 is 1.97 bits per heavy atom. The number of hydrogen-bond acceptors (Lipinski definition) is 5. The maximum Gasteiger partial charge on any atom is 0.417 e. The van der Waals surface area contributed by atoms with E-state index >= 15 is 4.39 Å². The van der Waals surface area contributed by atoms with E-state index in [0.717, 1.165) is 12.1 Å². The minimum Gasteiger partial charge on any atom is -0.475 e. The van der Waals surface area contributed by atoms with Gasteiger partial charge in [0, 0.05) is 32.3 Å². The second-order valence-corrected chi connectivity index (χ2v) is 7.67. The number of anilines is 1. The summed E-state index contributed by atoms with van der Waals surface area (Å²) in [7, 11) is 1.59. The van der Waals surface area contributed by atoms with Crippen LogP contribution < -0.4 is 9.75 Å². The second kappa shape index (κ2) is 12.2. The third kappa shape index (κ3) is 7.18. The number of benzene rings is 1. The maximum atomic E-state index is 15.2. The molecule has 1 amide bonds. The summed E-state index contributed by atoms with van der Waals surface area (Å²) in [6.07, 6.45) is -1.79. The molecule has 0 aliphatic rings. The molecule has 35 heavy (non-hydrogen) atoms. The fourth-order valence-electron chi connectivity index (χ4n) is 3.20. The van der Waals surface area contributed by atoms with Gasteiger partial charge in [-0.15, -0.1) is 0 Å². The van der Waals surface area contributed by atoms with Crippen LogP contribution in [-0.4, -0.2) is 48.2 Å². The molecule has 0 aliphatic heterocycles. The van der Waals surface area contributed by atoms with Crippen molar-refractivity contribution in [3.63, 3.8) is 0 Å². The lowest BCUT2D eigenvalue weighted by molar-refractivity contribution is -0.137. The summed E-state index contributed by atoms with van der Waals surface area (Å²) in [4.78, 5) is 18.5. The molecule has 188 valence electrons. The smallest absolute Gasteiger partial charge is 0.417 e. The first-order valence-electron chi connectivity index (χ1n) is 11.0. The Bertz CT molecular complexity index is 1110. The number of carbonyl (C=O) groups excluding carboxylic acids is 1. The molecule has 1 aromatic heterocycles. The number of pyridine rings is 1. The molecule has 2 rings (SSSR count). The number of hydrogen-bond donors (Lipinski definition) is 0. The van der Waals surface area contributed by atoms with Gasteiger partial charge in [0.1, 0.15) is 18.0 Å². The lowest BCUT2D eigenvalue weighted by Gasteiger charge is -2.29. The summed E-state index contributed by atoms with van der Waals surface area (Å²) in [5, 5.41) is 5.54. The highest BCUT2D eigenvalue weighted by Gasteiger charge is 2.31. The lowest BCUT2D eigenvalue weighted by Crippen LogP contribution is -2.42. The standard InChI is InChI=1S/C25H28F4N4O2/c1-6-8-9-14-31-32(5)20-12-10-17(3)23(26)22(20)24(34)33(7-2)18(4)16-35-21-13-11-19(15-30-21)25(27,28)29/h10-15,18H,6-7,16H2,1-5H3/b31-14-. The van der Waals surface area contributed by atoms with Gasteiger partial charge in [-0.25, -0.2) is 9.37 Å². The van der Waals surface area contributed by atoms with E-state index in [1.807, 2.05) is 6.92 Å². The van der Waals surface area contributed by atoms with Gasteiger partial charge in [0.25, 0.3) is 5.91 Å². The van der Waals surface area contributed by atoms with Crippen molar-refractivity contribution in [2.45, 2.75) is 46.3 Å². The molecule has 1 heterocycles. The fourth-order valence-corrected chi connectivity index (χ4v) is 3.20. The molecular weight excluding hydrogens is 464 g/mol. The van der Waals surface area contributed by atoms with Gasteiger partial charge >= 0.3 is 6.18 Å². The molecule has 1 atom stereocenters. The van der Waals surface area contributed by atoms with Crippen LogP contribution in [0.15, 0.2) is 35.6 Å².